The molecule has 4 nitrogen and oxygen atoms in total. The van der Waals surface area contributed by atoms with Crippen LogP contribution in [0.5, 0.6) is 0 Å². The number of carboxylic acids is 1. The number of carboxylic acid groups (broad SMARTS) is 1. The zero-order valence-electron chi connectivity index (χ0n) is 11.1. The predicted molar refractivity (Wildman–Crippen MR) is 79.2 cm³/mol. The van der Waals surface area contributed by atoms with Gasteiger partial charge in [-0.2, -0.15) is 0 Å². The van der Waals surface area contributed by atoms with E-state index in [2.05, 4.69) is 0 Å². The highest BCUT2D eigenvalue weighted by Gasteiger charge is 2.45. The van der Waals surface area contributed by atoms with Crippen molar-refractivity contribution in [3.63, 3.8) is 0 Å². The molecule has 1 unspecified atom stereocenters. The fraction of sp³-hybridized carbons (Fsp3) is 0.429. The Morgan fingerprint density at radius 2 is 2.05 bits per heavy atom. The highest BCUT2D eigenvalue weighted by Crippen LogP contribution is 2.30. The molecular weight excluding hydrogens is 298 g/mol. The molecule has 2 rings (SSSR count). The second-order valence-corrected chi connectivity index (χ2v) is 6.46. The minimum absolute atomic E-state index is 0.132. The molecule has 1 aromatic carbocycles. The van der Waals surface area contributed by atoms with E-state index in [0.29, 0.717) is 18.0 Å². The Morgan fingerprint density at radius 3 is 2.65 bits per heavy atom. The summed E-state index contributed by atoms with van der Waals surface area (Å²) in [5.74, 6) is -0.822. The van der Waals surface area contributed by atoms with E-state index in [1.165, 1.54) is 16.7 Å². The highest BCUT2D eigenvalue weighted by atomic mass is 35.5. The van der Waals surface area contributed by atoms with E-state index in [9.17, 15) is 14.7 Å². The lowest BCUT2D eigenvalue weighted by molar-refractivity contribution is -0.154. The maximum Gasteiger partial charge on any atom is 0.329 e. The zero-order chi connectivity index (χ0) is 14.8. The zero-order valence-corrected chi connectivity index (χ0v) is 12.7. The molecule has 0 radical (unpaired) electrons. The number of benzene rings is 1. The molecular formula is C14H16ClNO3S. The third kappa shape index (κ3) is 3.10. The number of hydrogen-bond acceptors (Lipinski definition) is 3. The van der Waals surface area contributed by atoms with E-state index in [4.69, 9.17) is 11.6 Å². The first-order valence-electron chi connectivity index (χ1n) is 6.36. The second kappa shape index (κ2) is 6.06. The van der Waals surface area contributed by atoms with Crippen molar-refractivity contribution >= 4 is 35.2 Å². The van der Waals surface area contributed by atoms with Gasteiger partial charge in [0.15, 0.2) is 0 Å². The van der Waals surface area contributed by atoms with E-state index in [0.717, 1.165) is 11.3 Å². The average Bonchev–Trinajstić information content (AvgIpc) is 2.81. The first-order chi connectivity index (χ1) is 9.43. The standard InChI is InChI=1S/C14H16ClNO3S/c1-14(13(18)19)7-2-8-16(14)12(17)9-20-11-5-3-10(15)4-6-11/h3-6H,2,7-9H2,1H3,(H,18,19). The molecule has 1 aromatic rings. The Labute approximate surface area is 127 Å². The Bertz CT molecular complexity index is 520. The van der Waals surface area contributed by atoms with E-state index >= 15 is 0 Å². The first-order valence-corrected chi connectivity index (χ1v) is 7.72. The second-order valence-electron chi connectivity index (χ2n) is 4.97. The van der Waals surface area contributed by atoms with Gasteiger partial charge in [0.05, 0.1) is 5.75 Å². The molecule has 6 heteroatoms. The molecule has 0 saturated carbocycles. The van der Waals surface area contributed by atoms with E-state index < -0.39 is 11.5 Å². The lowest BCUT2D eigenvalue weighted by Gasteiger charge is -2.31. The number of amides is 1. The number of halogens is 1. The normalized spacial score (nSPS) is 22.0. The molecule has 0 aromatic heterocycles. The molecule has 108 valence electrons. The summed E-state index contributed by atoms with van der Waals surface area (Å²) in [6.07, 6.45) is 1.25. The van der Waals surface area contributed by atoms with Gasteiger partial charge in [-0.25, -0.2) is 4.79 Å². The molecule has 1 heterocycles. The van der Waals surface area contributed by atoms with Gasteiger partial charge >= 0.3 is 5.97 Å². The van der Waals surface area contributed by atoms with Crippen molar-refractivity contribution in [2.75, 3.05) is 12.3 Å². The van der Waals surface area contributed by atoms with E-state index in [1.807, 2.05) is 12.1 Å². The molecule has 1 aliphatic rings. The van der Waals surface area contributed by atoms with Gasteiger partial charge in [0.25, 0.3) is 0 Å². The molecule has 1 amide bonds. The van der Waals surface area contributed by atoms with Crippen LogP contribution in [0.4, 0.5) is 0 Å². The first kappa shape index (κ1) is 15.2. The van der Waals surface area contributed by atoms with Crippen LogP contribution in [0.15, 0.2) is 29.2 Å². The Balaban J connectivity index is 1.98. The van der Waals surface area contributed by atoms with Crippen LogP contribution in [0.1, 0.15) is 19.8 Å². The van der Waals surface area contributed by atoms with Gasteiger partial charge in [0.1, 0.15) is 5.54 Å². The topological polar surface area (TPSA) is 57.6 Å². The summed E-state index contributed by atoms with van der Waals surface area (Å²) in [6.45, 7) is 2.13. The summed E-state index contributed by atoms with van der Waals surface area (Å²) < 4.78 is 0. The van der Waals surface area contributed by atoms with Gasteiger partial charge in [0.2, 0.25) is 5.91 Å². The SMILES string of the molecule is CC1(C(=O)O)CCCN1C(=O)CSc1ccc(Cl)cc1. The monoisotopic (exact) mass is 313 g/mol. The van der Waals surface area contributed by atoms with Gasteiger partial charge in [0, 0.05) is 16.5 Å². The molecule has 1 atom stereocenters. The fourth-order valence-corrected chi connectivity index (χ4v) is 3.24. The van der Waals surface area contributed by atoms with Crippen LogP contribution in [0, 0.1) is 0 Å². The molecule has 1 aliphatic heterocycles. The number of thioether (sulfide) groups is 1. The number of carbonyl (C=O) groups is 2. The summed E-state index contributed by atoms with van der Waals surface area (Å²) in [4.78, 5) is 26.0. The number of hydrogen-bond donors (Lipinski definition) is 1. The fourth-order valence-electron chi connectivity index (χ4n) is 2.34. The minimum atomic E-state index is -1.06. The van der Waals surface area contributed by atoms with Crippen LogP contribution >= 0.6 is 23.4 Å². The maximum absolute atomic E-state index is 12.2. The number of aliphatic carboxylic acids is 1. The summed E-state index contributed by atoms with van der Waals surface area (Å²) in [5.41, 5.74) is -1.06. The van der Waals surface area contributed by atoms with Gasteiger partial charge in [-0.1, -0.05) is 11.6 Å². The third-order valence-electron chi connectivity index (χ3n) is 3.58. The summed E-state index contributed by atoms with van der Waals surface area (Å²) >= 11 is 7.19. The van der Waals surface area contributed by atoms with Crippen molar-refractivity contribution < 1.29 is 14.7 Å². The number of likely N-dealkylation sites (tertiary alicyclic amines) is 1. The van der Waals surface area contributed by atoms with Crippen molar-refractivity contribution in [2.24, 2.45) is 0 Å². The number of carbonyl (C=O) groups excluding carboxylic acids is 1. The van der Waals surface area contributed by atoms with Crippen molar-refractivity contribution in [3.8, 4) is 0 Å². The van der Waals surface area contributed by atoms with E-state index in [-0.39, 0.29) is 11.7 Å². The van der Waals surface area contributed by atoms with E-state index in [1.54, 1.807) is 19.1 Å². The molecule has 0 bridgehead atoms. The summed E-state index contributed by atoms with van der Waals surface area (Å²) in [6, 6.07) is 7.23. The van der Waals surface area contributed by atoms with Gasteiger partial charge in [-0.05, 0) is 44.0 Å². The maximum atomic E-state index is 12.2. The Hall–Kier alpha value is -1.20. The lowest BCUT2D eigenvalue weighted by Crippen LogP contribution is -2.51. The largest absolute Gasteiger partial charge is 0.480 e. The molecule has 1 fully saturated rings. The molecule has 0 spiro atoms. The van der Waals surface area contributed by atoms with Crippen molar-refractivity contribution in [2.45, 2.75) is 30.2 Å². The Morgan fingerprint density at radius 1 is 1.40 bits per heavy atom. The molecule has 0 aliphatic carbocycles. The smallest absolute Gasteiger partial charge is 0.329 e. The van der Waals surface area contributed by atoms with Crippen LogP contribution in [0.25, 0.3) is 0 Å². The lowest BCUT2D eigenvalue weighted by atomic mass is 9.99. The quantitative estimate of drug-likeness (QED) is 0.868. The average molecular weight is 314 g/mol. The predicted octanol–water partition coefficient (Wildman–Crippen LogP) is 2.90. The number of nitrogens with zero attached hydrogens (tertiary/aromatic N) is 1. The van der Waals surface area contributed by atoms with Crippen LogP contribution in [-0.2, 0) is 9.59 Å². The van der Waals surface area contributed by atoms with Crippen LogP contribution in [0.2, 0.25) is 5.02 Å². The van der Waals surface area contributed by atoms with Crippen LogP contribution in [-0.4, -0.2) is 39.7 Å². The molecule has 1 N–H and O–H groups in total. The summed E-state index contributed by atoms with van der Waals surface area (Å²) in [5, 5.41) is 9.94. The van der Waals surface area contributed by atoms with Crippen molar-refractivity contribution in [1.29, 1.82) is 0 Å². The van der Waals surface area contributed by atoms with Gasteiger partial charge < -0.3 is 10.0 Å². The molecule has 20 heavy (non-hydrogen) atoms. The van der Waals surface area contributed by atoms with Crippen LogP contribution < -0.4 is 0 Å². The molecule has 1 saturated heterocycles. The van der Waals surface area contributed by atoms with Crippen molar-refractivity contribution in [1.82, 2.24) is 4.90 Å². The van der Waals surface area contributed by atoms with Crippen molar-refractivity contribution in [3.05, 3.63) is 29.3 Å². The Kier molecular flexibility index (Phi) is 4.60. The van der Waals surface area contributed by atoms with Gasteiger partial charge in [-0.15, -0.1) is 11.8 Å². The van der Waals surface area contributed by atoms with Crippen LogP contribution in [0.3, 0.4) is 0 Å². The number of rotatable bonds is 4. The van der Waals surface area contributed by atoms with Gasteiger partial charge in [-0.3, -0.25) is 4.79 Å². The summed E-state index contributed by atoms with van der Waals surface area (Å²) in [7, 11) is 0. The third-order valence-corrected chi connectivity index (χ3v) is 4.83. The highest BCUT2D eigenvalue weighted by molar-refractivity contribution is 8.00. The minimum Gasteiger partial charge on any atom is -0.480 e.